The van der Waals surface area contributed by atoms with Crippen LogP contribution >= 0.6 is 0 Å². The van der Waals surface area contributed by atoms with Crippen LogP contribution in [0.4, 0.5) is 0 Å². The number of ether oxygens (including phenoxy) is 1. The second kappa shape index (κ2) is 4.34. The molecular formula is C8H14O3. The van der Waals surface area contributed by atoms with E-state index in [1.165, 1.54) is 0 Å². The van der Waals surface area contributed by atoms with Gasteiger partial charge in [0.1, 0.15) is 0 Å². The minimum absolute atomic E-state index is 0.0532. The number of hydrogen-bond donors (Lipinski definition) is 1. The van der Waals surface area contributed by atoms with Crippen LogP contribution in [0.3, 0.4) is 0 Å². The molecule has 11 heavy (non-hydrogen) atoms. The van der Waals surface area contributed by atoms with Gasteiger partial charge in [-0.15, -0.1) is 0 Å². The van der Waals surface area contributed by atoms with E-state index < -0.39 is 0 Å². The second-order valence-corrected chi connectivity index (χ2v) is 2.87. The Bertz CT molecular complexity index is 133. The fourth-order valence-electron chi connectivity index (χ4n) is 1.32. The third kappa shape index (κ3) is 2.50. The van der Waals surface area contributed by atoms with E-state index in [1.807, 2.05) is 0 Å². The van der Waals surface area contributed by atoms with E-state index in [1.54, 1.807) is 0 Å². The second-order valence-electron chi connectivity index (χ2n) is 2.87. The van der Waals surface area contributed by atoms with E-state index in [0.717, 1.165) is 19.3 Å². The molecule has 0 bridgehead atoms. The van der Waals surface area contributed by atoms with Crippen molar-refractivity contribution < 1.29 is 14.6 Å². The minimum atomic E-state index is -0.128. The highest BCUT2D eigenvalue weighted by Gasteiger charge is 2.21. The van der Waals surface area contributed by atoms with Crippen LogP contribution in [-0.4, -0.2) is 24.3 Å². The Morgan fingerprint density at radius 3 is 3.09 bits per heavy atom. The first-order valence-corrected chi connectivity index (χ1v) is 4.12. The summed E-state index contributed by atoms with van der Waals surface area (Å²) >= 11 is 0. The Hall–Kier alpha value is -0.570. The Morgan fingerprint density at radius 2 is 2.36 bits per heavy atom. The lowest BCUT2D eigenvalue weighted by atomic mass is 10.0. The molecule has 1 fully saturated rings. The average molecular weight is 158 g/mol. The molecule has 0 aromatic carbocycles. The molecule has 0 radical (unpaired) electrons. The first kappa shape index (κ1) is 8.53. The highest BCUT2D eigenvalue weighted by Crippen LogP contribution is 2.17. The highest BCUT2D eigenvalue weighted by atomic mass is 16.5. The molecule has 1 atom stereocenters. The smallest absolute Gasteiger partial charge is 0.309 e. The van der Waals surface area contributed by atoms with Crippen molar-refractivity contribution in [2.45, 2.75) is 25.7 Å². The number of hydrogen-bond acceptors (Lipinski definition) is 3. The van der Waals surface area contributed by atoms with Crippen LogP contribution < -0.4 is 0 Å². The van der Waals surface area contributed by atoms with Crippen LogP contribution in [0, 0.1) is 5.92 Å². The van der Waals surface area contributed by atoms with Gasteiger partial charge in [-0.25, -0.2) is 0 Å². The van der Waals surface area contributed by atoms with Gasteiger partial charge in [0.2, 0.25) is 0 Å². The van der Waals surface area contributed by atoms with Crippen LogP contribution in [0.25, 0.3) is 0 Å². The lowest BCUT2D eigenvalue weighted by molar-refractivity contribution is -0.147. The van der Waals surface area contributed by atoms with Crippen molar-refractivity contribution in [3.05, 3.63) is 0 Å². The SMILES string of the molecule is O=C1OCCCCC1CCO. The van der Waals surface area contributed by atoms with E-state index in [4.69, 9.17) is 9.84 Å². The summed E-state index contributed by atoms with van der Waals surface area (Å²) in [6, 6.07) is 0. The van der Waals surface area contributed by atoms with Crippen molar-refractivity contribution in [1.29, 1.82) is 0 Å². The average Bonchev–Trinajstić information content (AvgIpc) is 2.18. The number of aliphatic hydroxyl groups is 1. The molecule has 1 aliphatic rings. The van der Waals surface area contributed by atoms with Crippen molar-refractivity contribution >= 4 is 5.97 Å². The first-order valence-electron chi connectivity index (χ1n) is 4.12. The molecule has 1 rings (SSSR count). The van der Waals surface area contributed by atoms with Crippen LogP contribution in [-0.2, 0) is 9.53 Å². The van der Waals surface area contributed by atoms with Crippen molar-refractivity contribution in [3.63, 3.8) is 0 Å². The molecular weight excluding hydrogens is 144 g/mol. The zero-order valence-electron chi connectivity index (χ0n) is 6.58. The van der Waals surface area contributed by atoms with E-state index in [0.29, 0.717) is 13.0 Å². The summed E-state index contributed by atoms with van der Waals surface area (Å²) in [7, 11) is 0. The molecule has 1 saturated heterocycles. The molecule has 3 heteroatoms. The number of carbonyl (C=O) groups is 1. The molecule has 0 aromatic rings. The molecule has 3 nitrogen and oxygen atoms in total. The maximum absolute atomic E-state index is 11.1. The normalized spacial score (nSPS) is 25.9. The fourth-order valence-corrected chi connectivity index (χ4v) is 1.32. The molecule has 1 aliphatic heterocycles. The van der Waals surface area contributed by atoms with Gasteiger partial charge >= 0.3 is 5.97 Å². The summed E-state index contributed by atoms with van der Waals surface area (Å²) in [4.78, 5) is 11.1. The van der Waals surface area contributed by atoms with Crippen molar-refractivity contribution in [2.75, 3.05) is 13.2 Å². The van der Waals surface area contributed by atoms with Gasteiger partial charge < -0.3 is 9.84 Å². The summed E-state index contributed by atoms with van der Waals surface area (Å²) in [5.74, 6) is -0.181. The third-order valence-electron chi connectivity index (χ3n) is 2.00. The van der Waals surface area contributed by atoms with Crippen molar-refractivity contribution in [2.24, 2.45) is 5.92 Å². The molecule has 0 spiro atoms. The maximum atomic E-state index is 11.1. The van der Waals surface area contributed by atoms with Gasteiger partial charge in [-0.05, 0) is 25.7 Å². The Kier molecular flexibility index (Phi) is 3.36. The lowest BCUT2D eigenvalue weighted by Gasteiger charge is -2.08. The monoisotopic (exact) mass is 158 g/mol. The predicted molar refractivity (Wildman–Crippen MR) is 40.0 cm³/mol. The first-order chi connectivity index (χ1) is 5.34. The number of aliphatic hydroxyl groups excluding tert-OH is 1. The van der Waals surface area contributed by atoms with Crippen LogP contribution in [0.5, 0.6) is 0 Å². The molecule has 0 saturated carbocycles. The van der Waals surface area contributed by atoms with E-state index >= 15 is 0 Å². The Labute approximate surface area is 66.4 Å². The summed E-state index contributed by atoms with van der Waals surface area (Å²) in [6.45, 7) is 0.639. The standard InChI is InChI=1S/C8H14O3/c9-5-4-7-3-1-2-6-11-8(7)10/h7,9H,1-6H2. The summed E-state index contributed by atoms with van der Waals surface area (Å²) < 4.78 is 4.92. The highest BCUT2D eigenvalue weighted by molar-refractivity contribution is 5.72. The van der Waals surface area contributed by atoms with Gasteiger partial charge in [0, 0.05) is 6.61 Å². The minimum Gasteiger partial charge on any atom is -0.465 e. The molecule has 1 heterocycles. The van der Waals surface area contributed by atoms with E-state index in [2.05, 4.69) is 0 Å². The molecule has 1 N–H and O–H groups in total. The third-order valence-corrected chi connectivity index (χ3v) is 2.00. The largest absolute Gasteiger partial charge is 0.465 e. The van der Waals surface area contributed by atoms with Crippen LogP contribution in [0.15, 0.2) is 0 Å². The van der Waals surface area contributed by atoms with Crippen molar-refractivity contribution in [1.82, 2.24) is 0 Å². The molecule has 0 aromatic heterocycles. The number of carbonyl (C=O) groups excluding carboxylic acids is 1. The quantitative estimate of drug-likeness (QED) is 0.602. The van der Waals surface area contributed by atoms with E-state index in [-0.39, 0.29) is 18.5 Å². The molecule has 0 aliphatic carbocycles. The van der Waals surface area contributed by atoms with Crippen LogP contribution in [0.1, 0.15) is 25.7 Å². The van der Waals surface area contributed by atoms with Gasteiger partial charge in [0.25, 0.3) is 0 Å². The Morgan fingerprint density at radius 1 is 1.55 bits per heavy atom. The van der Waals surface area contributed by atoms with Gasteiger partial charge in [-0.2, -0.15) is 0 Å². The molecule has 1 unspecified atom stereocenters. The summed E-state index contributed by atoms with van der Waals surface area (Å²) in [6.07, 6.45) is 3.43. The van der Waals surface area contributed by atoms with Gasteiger partial charge in [-0.1, -0.05) is 0 Å². The topological polar surface area (TPSA) is 46.5 Å². The van der Waals surface area contributed by atoms with Gasteiger partial charge in [0.05, 0.1) is 12.5 Å². The molecule has 0 amide bonds. The number of rotatable bonds is 2. The number of cyclic esters (lactones) is 1. The fraction of sp³-hybridized carbons (Fsp3) is 0.875. The van der Waals surface area contributed by atoms with Crippen LogP contribution in [0.2, 0.25) is 0 Å². The summed E-state index contributed by atoms with van der Waals surface area (Å²) in [5, 5.41) is 8.62. The van der Waals surface area contributed by atoms with Gasteiger partial charge in [0.15, 0.2) is 0 Å². The number of esters is 1. The lowest BCUT2D eigenvalue weighted by Crippen LogP contribution is -2.16. The molecule has 64 valence electrons. The van der Waals surface area contributed by atoms with E-state index in [9.17, 15) is 4.79 Å². The zero-order chi connectivity index (χ0) is 8.10. The Balaban J connectivity index is 2.39. The van der Waals surface area contributed by atoms with Gasteiger partial charge in [-0.3, -0.25) is 4.79 Å². The summed E-state index contributed by atoms with van der Waals surface area (Å²) in [5.41, 5.74) is 0. The van der Waals surface area contributed by atoms with Crippen molar-refractivity contribution in [3.8, 4) is 0 Å². The zero-order valence-corrected chi connectivity index (χ0v) is 6.58. The predicted octanol–water partition coefficient (Wildman–Crippen LogP) is 0.712. The maximum Gasteiger partial charge on any atom is 0.309 e.